The molecule has 148 valence electrons. The van der Waals surface area contributed by atoms with Crippen molar-refractivity contribution in [3.05, 3.63) is 30.0 Å². The summed E-state index contributed by atoms with van der Waals surface area (Å²) in [4.78, 5) is 19.3. The zero-order valence-corrected chi connectivity index (χ0v) is 15.8. The summed E-state index contributed by atoms with van der Waals surface area (Å²) in [6, 6.07) is 8.97. The van der Waals surface area contributed by atoms with Crippen LogP contribution in [-0.2, 0) is 9.59 Å². The van der Waals surface area contributed by atoms with Gasteiger partial charge in [-0.15, -0.1) is 5.10 Å². The van der Waals surface area contributed by atoms with Crippen LogP contribution in [0.25, 0.3) is 10.8 Å². The van der Waals surface area contributed by atoms with Crippen molar-refractivity contribution in [2.24, 2.45) is 0 Å². The van der Waals surface area contributed by atoms with Crippen LogP contribution in [0.2, 0.25) is 0 Å². The van der Waals surface area contributed by atoms with Crippen molar-refractivity contribution in [1.82, 2.24) is 15.1 Å². The van der Waals surface area contributed by atoms with Crippen molar-refractivity contribution in [3.8, 4) is 0 Å². The van der Waals surface area contributed by atoms with Gasteiger partial charge in [0.15, 0.2) is 5.82 Å². The summed E-state index contributed by atoms with van der Waals surface area (Å²) in [6.07, 6.45) is 3.94. The van der Waals surface area contributed by atoms with Crippen LogP contribution >= 0.6 is 0 Å². The summed E-state index contributed by atoms with van der Waals surface area (Å²) in [6.45, 7) is 7.07. The van der Waals surface area contributed by atoms with Crippen LogP contribution in [0.5, 0.6) is 0 Å². The summed E-state index contributed by atoms with van der Waals surface area (Å²) < 4.78 is 0. The number of carboxylic acid groups (broad SMARTS) is 2. The Morgan fingerprint density at radius 3 is 2.41 bits per heavy atom. The van der Waals surface area contributed by atoms with Crippen LogP contribution < -0.4 is 5.32 Å². The molecular weight excluding hydrogens is 348 g/mol. The van der Waals surface area contributed by atoms with E-state index in [0.717, 1.165) is 24.6 Å². The van der Waals surface area contributed by atoms with Gasteiger partial charge < -0.3 is 15.5 Å². The van der Waals surface area contributed by atoms with Gasteiger partial charge in [0.1, 0.15) is 0 Å². The molecule has 1 saturated heterocycles. The van der Waals surface area contributed by atoms with E-state index in [1.807, 2.05) is 6.92 Å². The number of benzene rings is 1. The second kappa shape index (κ2) is 12.6. The molecule has 0 bridgehead atoms. The first kappa shape index (κ1) is 22.3. The first-order valence-corrected chi connectivity index (χ1v) is 8.98. The van der Waals surface area contributed by atoms with Gasteiger partial charge in [-0.3, -0.25) is 14.5 Å². The molecule has 1 aromatic heterocycles. The Morgan fingerprint density at radius 2 is 1.78 bits per heavy atom. The predicted octanol–water partition coefficient (Wildman–Crippen LogP) is 2.63. The first-order chi connectivity index (χ1) is 13.1. The van der Waals surface area contributed by atoms with Crippen molar-refractivity contribution in [3.63, 3.8) is 0 Å². The van der Waals surface area contributed by atoms with Crippen LogP contribution in [0, 0.1) is 6.92 Å². The minimum Gasteiger partial charge on any atom is -0.483 e. The number of rotatable bonds is 4. The van der Waals surface area contributed by atoms with Crippen molar-refractivity contribution >= 4 is 29.5 Å². The van der Waals surface area contributed by atoms with Gasteiger partial charge in [-0.25, -0.2) is 0 Å². The lowest BCUT2D eigenvalue weighted by Crippen LogP contribution is -2.43. The second-order valence-electron chi connectivity index (χ2n) is 6.05. The van der Waals surface area contributed by atoms with E-state index in [0.29, 0.717) is 6.04 Å². The molecule has 1 unspecified atom stereocenters. The fraction of sp³-hybridized carbons (Fsp3) is 0.474. The molecule has 1 atom stereocenters. The Hall–Kier alpha value is -2.74. The molecule has 1 aliphatic heterocycles. The molecule has 27 heavy (non-hydrogen) atoms. The van der Waals surface area contributed by atoms with Gasteiger partial charge in [-0.2, -0.15) is 5.10 Å². The molecule has 0 spiro atoms. The minimum absolute atomic E-state index is 0.250. The number of aromatic nitrogens is 2. The lowest BCUT2D eigenvalue weighted by molar-refractivity contribution is -0.123. The third kappa shape index (κ3) is 6.82. The number of piperidine rings is 1. The summed E-state index contributed by atoms with van der Waals surface area (Å²) in [5.74, 6) is 0.915. The molecular formula is C19H28N4O4. The summed E-state index contributed by atoms with van der Waals surface area (Å²) in [5, 5.41) is 28.3. The number of carbonyl (C=O) groups is 2. The van der Waals surface area contributed by atoms with Crippen molar-refractivity contribution in [2.45, 2.75) is 39.2 Å². The predicted molar refractivity (Wildman–Crippen MR) is 105 cm³/mol. The molecule has 8 nitrogen and oxygen atoms in total. The van der Waals surface area contributed by atoms with E-state index in [4.69, 9.17) is 19.8 Å². The highest BCUT2D eigenvalue weighted by atomic mass is 16.3. The fourth-order valence-corrected chi connectivity index (χ4v) is 3.29. The highest BCUT2D eigenvalue weighted by molar-refractivity contribution is 5.92. The van der Waals surface area contributed by atoms with Gasteiger partial charge in [-0.1, -0.05) is 37.6 Å². The zero-order chi connectivity index (χ0) is 20.1. The van der Waals surface area contributed by atoms with E-state index in [1.54, 1.807) is 0 Å². The topological polar surface area (TPSA) is 116 Å². The molecule has 1 aromatic carbocycles. The Kier molecular flexibility index (Phi) is 10.4. The molecule has 8 heteroatoms. The number of hydrogen-bond donors (Lipinski definition) is 3. The molecule has 0 radical (unpaired) electrons. The average Bonchev–Trinajstić information content (AvgIpc) is 2.69. The number of fused-ring (bicyclic) bond motifs is 1. The molecule has 1 fully saturated rings. The molecule has 1 aliphatic rings. The summed E-state index contributed by atoms with van der Waals surface area (Å²) >= 11 is 0. The summed E-state index contributed by atoms with van der Waals surface area (Å²) in [5.41, 5.74) is 0.990. The van der Waals surface area contributed by atoms with Gasteiger partial charge >= 0.3 is 0 Å². The highest BCUT2D eigenvalue weighted by Gasteiger charge is 2.21. The molecule has 0 saturated carbocycles. The van der Waals surface area contributed by atoms with E-state index >= 15 is 0 Å². The first-order valence-electron chi connectivity index (χ1n) is 8.98. The standard InChI is InChI=1S/C17H24N4.2CH2O2/c1-3-21-11-7-6-8-14(21)12-18-17-16-10-5-4-9-15(16)13(2)19-20-17;2*2-1-3/h4-5,9-10,14H,3,6-8,11-12H2,1-2H3,(H,18,20);2*1H,(H,2,3). The number of nitrogens with zero attached hydrogens (tertiary/aromatic N) is 3. The maximum atomic E-state index is 8.36. The Bertz CT molecular complexity index is 705. The maximum absolute atomic E-state index is 8.36. The van der Waals surface area contributed by atoms with E-state index < -0.39 is 0 Å². The molecule has 3 N–H and O–H groups in total. The van der Waals surface area contributed by atoms with Crippen molar-refractivity contribution in [1.29, 1.82) is 0 Å². The smallest absolute Gasteiger partial charge is 0.290 e. The zero-order valence-electron chi connectivity index (χ0n) is 15.8. The van der Waals surface area contributed by atoms with Gasteiger partial charge in [0.05, 0.1) is 5.69 Å². The molecule has 0 amide bonds. The van der Waals surface area contributed by atoms with Gasteiger partial charge in [-0.05, 0) is 32.9 Å². The lowest BCUT2D eigenvalue weighted by Gasteiger charge is -2.35. The number of anilines is 1. The Labute approximate surface area is 159 Å². The summed E-state index contributed by atoms with van der Waals surface area (Å²) in [7, 11) is 0. The van der Waals surface area contributed by atoms with Crippen LogP contribution in [0.4, 0.5) is 5.82 Å². The number of nitrogens with one attached hydrogen (secondary N) is 1. The largest absolute Gasteiger partial charge is 0.483 e. The van der Waals surface area contributed by atoms with E-state index in [-0.39, 0.29) is 12.9 Å². The van der Waals surface area contributed by atoms with E-state index in [9.17, 15) is 0 Å². The van der Waals surface area contributed by atoms with Crippen LogP contribution in [0.15, 0.2) is 24.3 Å². The molecule has 2 heterocycles. The SMILES string of the molecule is CCN1CCCCC1CNc1nnc(C)c2ccccc12.O=CO.O=CO. The normalized spacial score (nSPS) is 16.3. The van der Waals surface area contributed by atoms with Crippen molar-refractivity contribution in [2.75, 3.05) is 25.0 Å². The Balaban J connectivity index is 0.000000540. The number of hydrogen-bond acceptors (Lipinski definition) is 6. The van der Waals surface area contributed by atoms with Crippen LogP contribution in [0.3, 0.4) is 0 Å². The average molecular weight is 376 g/mol. The minimum atomic E-state index is -0.250. The second-order valence-corrected chi connectivity index (χ2v) is 6.05. The number of likely N-dealkylation sites (N-methyl/N-ethyl adjacent to an activating group) is 1. The van der Waals surface area contributed by atoms with Gasteiger partial charge in [0, 0.05) is 23.4 Å². The van der Waals surface area contributed by atoms with Crippen LogP contribution in [-0.4, -0.2) is 63.9 Å². The monoisotopic (exact) mass is 376 g/mol. The fourth-order valence-electron chi connectivity index (χ4n) is 3.29. The Morgan fingerprint density at radius 1 is 1.15 bits per heavy atom. The van der Waals surface area contributed by atoms with Crippen molar-refractivity contribution < 1.29 is 19.8 Å². The lowest BCUT2D eigenvalue weighted by atomic mass is 10.0. The molecule has 3 rings (SSSR count). The maximum Gasteiger partial charge on any atom is 0.290 e. The van der Waals surface area contributed by atoms with Crippen LogP contribution in [0.1, 0.15) is 31.9 Å². The third-order valence-electron chi connectivity index (χ3n) is 4.53. The quantitative estimate of drug-likeness (QED) is 0.698. The van der Waals surface area contributed by atoms with Gasteiger partial charge in [0.25, 0.3) is 12.9 Å². The number of aryl methyl sites for hydroxylation is 1. The van der Waals surface area contributed by atoms with E-state index in [1.165, 1.54) is 36.6 Å². The highest BCUT2D eigenvalue weighted by Crippen LogP contribution is 2.23. The third-order valence-corrected chi connectivity index (χ3v) is 4.53. The van der Waals surface area contributed by atoms with E-state index in [2.05, 4.69) is 51.6 Å². The van der Waals surface area contributed by atoms with Gasteiger partial charge in [0.2, 0.25) is 0 Å². The number of likely N-dealkylation sites (tertiary alicyclic amines) is 1. The molecule has 2 aromatic rings. The molecule has 0 aliphatic carbocycles.